The van der Waals surface area contributed by atoms with Crippen molar-refractivity contribution >= 4 is 17.6 Å². The van der Waals surface area contributed by atoms with Gasteiger partial charge in [-0.1, -0.05) is 13.8 Å². The first-order valence-electron chi connectivity index (χ1n) is 8.44. The molecular weight excluding hydrogens is 306 g/mol. The lowest BCUT2D eigenvalue weighted by molar-refractivity contribution is -0.0530. The van der Waals surface area contributed by atoms with E-state index >= 15 is 0 Å². The van der Waals surface area contributed by atoms with Crippen LogP contribution < -0.4 is 10.6 Å². The lowest BCUT2D eigenvalue weighted by Crippen LogP contribution is -2.49. The topological polar surface area (TPSA) is 70.7 Å². The number of nitrogens with zero attached hydrogens (tertiary/aromatic N) is 1. The zero-order valence-electron chi connectivity index (χ0n) is 14.8. The van der Waals surface area contributed by atoms with Crippen LogP contribution in [0.4, 0.5) is 10.5 Å². The standard InChI is InChI=1S/C18H27N3O3/c1-12(2)9-19-17(22)15-5-7-16(8-6-15)20-18(23)21-10-13(3)24-14(4)11-21/h5-8,12-14H,9-11H2,1-4H3,(H,19,22)(H,20,23)/t13-,14-/m0/s1. The monoisotopic (exact) mass is 333 g/mol. The van der Waals surface area contributed by atoms with Crippen molar-refractivity contribution in [3.8, 4) is 0 Å². The number of nitrogens with one attached hydrogen (secondary N) is 2. The van der Waals surface area contributed by atoms with Crippen LogP contribution >= 0.6 is 0 Å². The molecule has 0 radical (unpaired) electrons. The summed E-state index contributed by atoms with van der Waals surface area (Å²) in [7, 11) is 0. The maximum absolute atomic E-state index is 12.3. The minimum atomic E-state index is -0.144. The minimum Gasteiger partial charge on any atom is -0.372 e. The first-order chi connectivity index (χ1) is 11.3. The lowest BCUT2D eigenvalue weighted by atomic mass is 10.1. The molecule has 0 aromatic heterocycles. The normalized spacial score (nSPS) is 20.8. The fraction of sp³-hybridized carbons (Fsp3) is 0.556. The summed E-state index contributed by atoms with van der Waals surface area (Å²) in [5, 5.41) is 5.74. The van der Waals surface area contributed by atoms with Crippen molar-refractivity contribution in [1.82, 2.24) is 10.2 Å². The molecule has 6 heteroatoms. The Bertz CT molecular complexity index is 561. The smallest absolute Gasteiger partial charge is 0.322 e. The molecular formula is C18H27N3O3. The maximum atomic E-state index is 12.3. The predicted octanol–water partition coefficient (Wildman–Crippen LogP) is 2.71. The van der Waals surface area contributed by atoms with Gasteiger partial charge in [0.05, 0.1) is 12.2 Å². The van der Waals surface area contributed by atoms with E-state index < -0.39 is 0 Å². The fourth-order valence-electron chi connectivity index (χ4n) is 2.65. The first kappa shape index (κ1) is 18.3. The van der Waals surface area contributed by atoms with Gasteiger partial charge in [0.1, 0.15) is 0 Å². The second kappa shape index (κ2) is 8.15. The number of hydrogen-bond acceptors (Lipinski definition) is 3. The number of benzene rings is 1. The van der Waals surface area contributed by atoms with Gasteiger partial charge in [-0.05, 0) is 44.0 Å². The number of carbonyl (C=O) groups is 2. The number of hydrogen-bond donors (Lipinski definition) is 2. The predicted molar refractivity (Wildman–Crippen MR) is 94.2 cm³/mol. The van der Waals surface area contributed by atoms with Gasteiger partial charge < -0.3 is 20.3 Å². The van der Waals surface area contributed by atoms with Crippen LogP contribution in [0.25, 0.3) is 0 Å². The minimum absolute atomic E-state index is 0.0338. The number of morpholine rings is 1. The fourth-order valence-corrected chi connectivity index (χ4v) is 2.65. The number of anilines is 1. The summed E-state index contributed by atoms with van der Waals surface area (Å²) in [5.41, 5.74) is 1.26. The molecule has 0 bridgehead atoms. The molecule has 0 spiro atoms. The highest BCUT2D eigenvalue weighted by atomic mass is 16.5. The Morgan fingerprint density at radius 1 is 1.17 bits per heavy atom. The van der Waals surface area contributed by atoms with Crippen LogP contribution in [-0.2, 0) is 4.74 Å². The summed E-state index contributed by atoms with van der Waals surface area (Å²) in [5.74, 6) is 0.309. The van der Waals surface area contributed by atoms with Crippen LogP contribution in [0.3, 0.4) is 0 Å². The summed E-state index contributed by atoms with van der Waals surface area (Å²) < 4.78 is 5.63. The van der Waals surface area contributed by atoms with Gasteiger partial charge in [-0.15, -0.1) is 0 Å². The number of ether oxygens (including phenoxy) is 1. The quantitative estimate of drug-likeness (QED) is 0.890. The van der Waals surface area contributed by atoms with Gasteiger partial charge in [-0.25, -0.2) is 4.79 Å². The summed E-state index contributed by atoms with van der Waals surface area (Å²) in [4.78, 5) is 26.1. The van der Waals surface area contributed by atoms with Gasteiger partial charge in [0.25, 0.3) is 5.91 Å². The second-order valence-electron chi connectivity index (χ2n) is 6.77. The zero-order valence-corrected chi connectivity index (χ0v) is 14.8. The first-order valence-corrected chi connectivity index (χ1v) is 8.44. The Kier molecular flexibility index (Phi) is 6.20. The number of rotatable bonds is 4. The van der Waals surface area contributed by atoms with Crippen molar-refractivity contribution < 1.29 is 14.3 Å². The second-order valence-corrected chi connectivity index (χ2v) is 6.77. The maximum Gasteiger partial charge on any atom is 0.322 e. The molecule has 0 saturated carbocycles. The molecule has 1 aliphatic rings. The number of amides is 3. The van der Waals surface area contributed by atoms with Gasteiger partial charge >= 0.3 is 6.03 Å². The summed E-state index contributed by atoms with van der Waals surface area (Å²) in [6.07, 6.45) is 0.0676. The van der Waals surface area contributed by atoms with Crippen molar-refractivity contribution in [3.05, 3.63) is 29.8 Å². The molecule has 1 aliphatic heterocycles. The van der Waals surface area contributed by atoms with Crippen LogP contribution in [0.5, 0.6) is 0 Å². The van der Waals surface area contributed by atoms with E-state index in [0.717, 1.165) is 0 Å². The van der Waals surface area contributed by atoms with E-state index in [1.165, 1.54) is 0 Å². The van der Waals surface area contributed by atoms with E-state index in [1.807, 2.05) is 27.7 Å². The average molecular weight is 333 g/mol. The van der Waals surface area contributed by atoms with E-state index in [9.17, 15) is 9.59 Å². The van der Waals surface area contributed by atoms with Crippen LogP contribution in [-0.4, -0.2) is 48.7 Å². The van der Waals surface area contributed by atoms with Crippen LogP contribution in [0.1, 0.15) is 38.1 Å². The third kappa shape index (κ3) is 5.23. The lowest BCUT2D eigenvalue weighted by Gasteiger charge is -2.35. The summed E-state index contributed by atoms with van der Waals surface area (Å²) >= 11 is 0. The molecule has 24 heavy (non-hydrogen) atoms. The van der Waals surface area contributed by atoms with Crippen molar-refractivity contribution in [3.63, 3.8) is 0 Å². The Hall–Kier alpha value is -2.08. The Morgan fingerprint density at radius 2 is 1.75 bits per heavy atom. The van der Waals surface area contributed by atoms with Crippen LogP contribution in [0.15, 0.2) is 24.3 Å². The number of carbonyl (C=O) groups excluding carboxylic acids is 2. The van der Waals surface area contributed by atoms with E-state index in [0.29, 0.717) is 36.8 Å². The molecule has 2 rings (SSSR count). The van der Waals surface area contributed by atoms with Gasteiger partial charge in [-0.3, -0.25) is 4.79 Å². The van der Waals surface area contributed by atoms with E-state index in [2.05, 4.69) is 10.6 Å². The third-order valence-electron chi connectivity index (χ3n) is 3.78. The molecule has 6 nitrogen and oxygen atoms in total. The number of urea groups is 1. The molecule has 0 unspecified atom stereocenters. The van der Waals surface area contributed by atoms with Crippen LogP contribution in [0.2, 0.25) is 0 Å². The Morgan fingerprint density at radius 3 is 2.29 bits per heavy atom. The van der Waals surface area contributed by atoms with Crippen molar-refractivity contribution in [2.45, 2.75) is 39.9 Å². The zero-order chi connectivity index (χ0) is 17.7. The van der Waals surface area contributed by atoms with Crippen molar-refractivity contribution in [2.75, 3.05) is 25.0 Å². The molecule has 0 aliphatic carbocycles. The highest BCUT2D eigenvalue weighted by Gasteiger charge is 2.25. The molecule has 1 aromatic carbocycles. The SMILES string of the molecule is CC(C)CNC(=O)c1ccc(NC(=O)N2C[C@H](C)O[C@@H](C)C2)cc1. The average Bonchev–Trinajstić information content (AvgIpc) is 2.52. The van der Waals surface area contributed by atoms with E-state index in [4.69, 9.17) is 4.74 Å². The molecule has 1 aromatic rings. The van der Waals surface area contributed by atoms with E-state index in [1.54, 1.807) is 29.2 Å². The highest BCUT2D eigenvalue weighted by Crippen LogP contribution is 2.14. The molecule has 1 fully saturated rings. The van der Waals surface area contributed by atoms with Gasteiger partial charge in [0.2, 0.25) is 0 Å². The molecule has 2 N–H and O–H groups in total. The molecule has 132 valence electrons. The van der Waals surface area contributed by atoms with Crippen molar-refractivity contribution in [2.24, 2.45) is 5.92 Å². The summed E-state index contributed by atoms with van der Waals surface area (Å²) in [6.45, 7) is 9.81. The molecule has 1 saturated heterocycles. The summed E-state index contributed by atoms with van der Waals surface area (Å²) in [6, 6.07) is 6.78. The molecule has 2 atom stereocenters. The Balaban J connectivity index is 1.91. The van der Waals surface area contributed by atoms with Gasteiger partial charge in [0.15, 0.2) is 0 Å². The third-order valence-corrected chi connectivity index (χ3v) is 3.78. The Labute approximate surface area is 143 Å². The van der Waals surface area contributed by atoms with Gasteiger partial charge in [-0.2, -0.15) is 0 Å². The van der Waals surface area contributed by atoms with Crippen LogP contribution in [0, 0.1) is 5.92 Å². The largest absolute Gasteiger partial charge is 0.372 e. The van der Waals surface area contributed by atoms with Crippen molar-refractivity contribution in [1.29, 1.82) is 0 Å². The molecule has 1 heterocycles. The molecule has 3 amide bonds. The van der Waals surface area contributed by atoms with E-state index in [-0.39, 0.29) is 24.1 Å². The van der Waals surface area contributed by atoms with Gasteiger partial charge in [0, 0.05) is 30.9 Å². The highest BCUT2D eigenvalue weighted by molar-refractivity contribution is 5.95.